The molecule has 7 heteroatoms. The maximum absolute atomic E-state index is 11.4. The Bertz CT molecular complexity index is 146. The van der Waals surface area contributed by atoms with Crippen molar-refractivity contribution in [3.05, 3.63) is 10.1 Å². The smallest absolute Gasteiger partial charge is 0.386 e. The molecule has 1 unspecified atom stereocenters. The number of nitrogens with zero attached hydrogens (tertiary/aromatic N) is 1. The van der Waals surface area contributed by atoms with Crippen LogP contribution in [0.1, 0.15) is 6.42 Å². The predicted molar refractivity (Wildman–Crippen MR) is 28.5 cm³/mol. The SMILES string of the molecule is O=[N+]([O-])CC(O)CC(F)(F)F. The number of rotatable bonds is 3. The van der Waals surface area contributed by atoms with Crippen LogP contribution in [0.4, 0.5) is 13.2 Å². The van der Waals surface area contributed by atoms with E-state index in [1.807, 2.05) is 0 Å². The topological polar surface area (TPSA) is 63.4 Å². The van der Waals surface area contributed by atoms with Crippen molar-refractivity contribution < 1.29 is 23.2 Å². The first kappa shape index (κ1) is 10.2. The highest BCUT2D eigenvalue weighted by molar-refractivity contribution is 4.59. The molecule has 0 saturated carbocycles. The fourth-order valence-corrected chi connectivity index (χ4v) is 0.504. The van der Waals surface area contributed by atoms with E-state index in [1.54, 1.807) is 0 Å². The first-order valence-electron chi connectivity index (χ1n) is 2.68. The number of nitro groups is 1. The molecule has 0 saturated heterocycles. The summed E-state index contributed by atoms with van der Waals surface area (Å²) in [6.45, 7) is -1.07. The Hall–Kier alpha value is -0.850. The molecule has 0 rings (SSSR count). The molecule has 0 fully saturated rings. The van der Waals surface area contributed by atoms with Gasteiger partial charge in [0.15, 0.2) is 0 Å². The molecular weight excluding hydrogens is 167 g/mol. The molecule has 0 aliphatic carbocycles. The fraction of sp³-hybridized carbons (Fsp3) is 1.00. The van der Waals surface area contributed by atoms with Crippen LogP contribution in [0.25, 0.3) is 0 Å². The van der Waals surface area contributed by atoms with Gasteiger partial charge in [-0.15, -0.1) is 0 Å². The minimum Gasteiger partial charge on any atom is -0.386 e. The molecule has 66 valence electrons. The van der Waals surface area contributed by atoms with Gasteiger partial charge in [-0.2, -0.15) is 13.2 Å². The molecule has 11 heavy (non-hydrogen) atoms. The number of halogens is 3. The third-order valence-corrected chi connectivity index (χ3v) is 0.827. The van der Waals surface area contributed by atoms with E-state index in [1.165, 1.54) is 0 Å². The largest absolute Gasteiger partial charge is 0.391 e. The van der Waals surface area contributed by atoms with Crippen LogP contribution in [-0.2, 0) is 0 Å². The van der Waals surface area contributed by atoms with Gasteiger partial charge < -0.3 is 5.11 Å². The average molecular weight is 173 g/mol. The summed E-state index contributed by atoms with van der Waals surface area (Å²) < 4.78 is 34.1. The first-order chi connectivity index (χ1) is 4.81. The normalized spacial score (nSPS) is 14.5. The van der Waals surface area contributed by atoms with Crippen molar-refractivity contribution in [2.45, 2.75) is 18.7 Å². The summed E-state index contributed by atoms with van der Waals surface area (Å²) in [5.74, 6) is 0. The van der Waals surface area contributed by atoms with E-state index in [2.05, 4.69) is 0 Å². The van der Waals surface area contributed by atoms with Crippen LogP contribution in [0, 0.1) is 10.1 Å². The second-order valence-corrected chi connectivity index (χ2v) is 1.99. The summed E-state index contributed by atoms with van der Waals surface area (Å²) in [5.41, 5.74) is 0. The van der Waals surface area contributed by atoms with Crippen molar-refractivity contribution in [3.8, 4) is 0 Å². The summed E-state index contributed by atoms with van der Waals surface area (Å²) in [7, 11) is 0. The lowest BCUT2D eigenvalue weighted by atomic mass is 10.2. The Morgan fingerprint density at radius 1 is 1.55 bits per heavy atom. The lowest BCUT2D eigenvalue weighted by Crippen LogP contribution is -2.26. The van der Waals surface area contributed by atoms with E-state index in [-0.39, 0.29) is 0 Å². The molecule has 1 atom stereocenters. The maximum Gasteiger partial charge on any atom is 0.391 e. The Kier molecular flexibility index (Phi) is 3.24. The van der Waals surface area contributed by atoms with Crippen LogP contribution in [0.2, 0.25) is 0 Å². The monoisotopic (exact) mass is 173 g/mol. The van der Waals surface area contributed by atoms with Gasteiger partial charge in [0.25, 0.3) is 0 Å². The lowest BCUT2D eigenvalue weighted by Gasteiger charge is -2.08. The van der Waals surface area contributed by atoms with Gasteiger partial charge in [0.2, 0.25) is 6.54 Å². The van der Waals surface area contributed by atoms with Gasteiger partial charge in [-0.1, -0.05) is 0 Å². The number of hydrogen-bond acceptors (Lipinski definition) is 3. The molecule has 0 bridgehead atoms. The summed E-state index contributed by atoms with van der Waals surface area (Å²) in [6, 6.07) is 0. The van der Waals surface area contributed by atoms with Crippen LogP contribution in [0.5, 0.6) is 0 Å². The van der Waals surface area contributed by atoms with Crippen LogP contribution in [0.3, 0.4) is 0 Å². The van der Waals surface area contributed by atoms with Crippen LogP contribution in [0.15, 0.2) is 0 Å². The van der Waals surface area contributed by atoms with Crippen LogP contribution in [-0.4, -0.2) is 28.9 Å². The minimum absolute atomic E-state index is 0.990. The zero-order valence-electron chi connectivity index (χ0n) is 5.34. The molecule has 0 amide bonds. The van der Waals surface area contributed by atoms with Gasteiger partial charge in [0.1, 0.15) is 6.10 Å². The van der Waals surface area contributed by atoms with Crippen molar-refractivity contribution in [1.82, 2.24) is 0 Å². The number of aliphatic hydroxyl groups is 1. The van der Waals surface area contributed by atoms with E-state index in [0.717, 1.165) is 0 Å². The van der Waals surface area contributed by atoms with E-state index >= 15 is 0 Å². The van der Waals surface area contributed by atoms with Gasteiger partial charge in [-0.25, -0.2) is 0 Å². The van der Waals surface area contributed by atoms with E-state index < -0.39 is 30.2 Å². The molecule has 1 N–H and O–H groups in total. The highest BCUT2D eigenvalue weighted by Gasteiger charge is 2.32. The van der Waals surface area contributed by atoms with E-state index in [4.69, 9.17) is 5.11 Å². The summed E-state index contributed by atoms with van der Waals surface area (Å²) >= 11 is 0. The maximum atomic E-state index is 11.4. The van der Waals surface area contributed by atoms with Crippen LogP contribution < -0.4 is 0 Å². The van der Waals surface area contributed by atoms with Gasteiger partial charge in [-0.05, 0) is 0 Å². The Balaban J connectivity index is 3.69. The van der Waals surface area contributed by atoms with E-state index in [9.17, 15) is 23.3 Å². The molecule has 0 aliphatic rings. The minimum atomic E-state index is -4.55. The van der Waals surface area contributed by atoms with Crippen molar-refractivity contribution >= 4 is 0 Å². The number of aliphatic hydroxyl groups excluding tert-OH is 1. The molecule has 0 heterocycles. The number of hydrogen-bond donors (Lipinski definition) is 1. The zero-order valence-corrected chi connectivity index (χ0v) is 5.34. The second kappa shape index (κ2) is 3.51. The molecule has 4 nitrogen and oxygen atoms in total. The second-order valence-electron chi connectivity index (χ2n) is 1.99. The Morgan fingerprint density at radius 2 is 2.00 bits per heavy atom. The molecule has 0 spiro atoms. The third kappa shape index (κ3) is 7.04. The van der Waals surface area contributed by atoms with Crippen molar-refractivity contribution in [2.24, 2.45) is 0 Å². The van der Waals surface area contributed by atoms with Gasteiger partial charge in [0.05, 0.1) is 6.42 Å². The first-order valence-corrected chi connectivity index (χ1v) is 2.68. The quantitative estimate of drug-likeness (QED) is 0.501. The molecule has 0 aromatic heterocycles. The Morgan fingerprint density at radius 3 is 2.27 bits per heavy atom. The van der Waals surface area contributed by atoms with E-state index in [0.29, 0.717) is 0 Å². The zero-order chi connectivity index (χ0) is 9.07. The summed E-state index contributed by atoms with van der Waals surface area (Å²) in [5, 5.41) is 18.0. The molecule has 0 aromatic rings. The average Bonchev–Trinajstić information content (AvgIpc) is 1.53. The van der Waals surface area contributed by atoms with Gasteiger partial charge in [-0.3, -0.25) is 10.1 Å². The third-order valence-electron chi connectivity index (χ3n) is 0.827. The predicted octanol–water partition coefficient (Wildman–Crippen LogP) is 0.576. The summed E-state index contributed by atoms with van der Waals surface area (Å²) in [6.07, 6.45) is -8.02. The lowest BCUT2D eigenvalue weighted by molar-refractivity contribution is -0.492. The standard InChI is InChI=1S/C4H6F3NO3/c5-4(6,7)1-3(9)2-8(10)11/h3,9H,1-2H2. The Labute approximate surface area is 59.8 Å². The van der Waals surface area contributed by atoms with Gasteiger partial charge >= 0.3 is 6.18 Å². The molecule has 0 aliphatic heterocycles. The molecular formula is C4H6F3NO3. The highest BCUT2D eigenvalue weighted by Crippen LogP contribution is 2.21. The highest BCUT2D eigenvalue weighted by atomic mass is 19.4. The van der Waals surface area contributed by atoms with Crippen molar-refractivity contribution in [1.29, 1.82) is 0 Å². The van der Waals surface area contributed by atoms with Gasteiger partial charge in [0, 0.05) is 4.92 Å². The molecule has 0 aromatic carbocycles. The summed E-state index contributed by atoms with van der Waals surface area (Å²) in [4.78, 5) is 8.58. The number of alkyl halides is 3. The van der Waals surface area contributed by atoms with Crippen LogP contribution >= 0.6 is 0 Å². The van der Waals surface area contributed by atoms with Crippen molar-refractivity contribution in [3.63, 3.8) is 0 Å². The fourth-order valence-electron chi connectivity index (χ4n) is 0.504. The van der Waals surface area contributed by atoms with Crippen molar-refractivity contribution in [2.75, 3.05) is 6.54 Å². The molecule has 0 radical (unpaired) electrons.